The summed E-state index contributed by atoms with van der Waals surface area (Å²) in [6.07, 6.45) is 10.6. The average Bonchev–Trinajstić information content (AvgIpc) is 3.56. The summed E-state index contributed by atoms with van der Waals surface area (Å²) in [7, 11) is 1.61. The first-order chi connectivity index (χ1) is 19.4. The number of nitrogens with one attached hydrogen (secondary N) is 1. The third-order valence-corrected chi connectivity index (χ3v) is 6.15. The van der Waals surface area contributed by atoms with Crippen molar-refractivity contribution in [3.63, 3.8) is 0 Å². The molecule has 3 heterocycles. The number of pyridine rings is 2. The van der Waals surface area contributed by atoms with Gasteiger partial charge in [0.25, 0.3) is 0 Å². The number of benzene rings is 2. The molecule has 0 amide bonds. The summed E-state index contributed by atoms with van der Waals surface area (Å²) in [5.74, 6) is 0.341. The van der Waals surface area contributed by atoms with Crippen LogP contribution < -0.4 is 27.0 Å². The van der Waals surface area contributed by atoms with Crippen LogP contribution in [0.2, 0.25) is 0 Å². The van der Waals surface area contributed by atoms with E-state index in [4.69, 9.17) is 9.47 Å². The largest absolute Gasteiger partial charge is 2.00 e. The second-order valence-corrected chi connectivity index (χ2v) is 10.3. The van der Waals surface area contributed by atoms with Crippen LogP contribution in [0.3, 0.4) is 0 Å². The first-order valence-electron chi connectivity index (χ1n) is 12.9. The van der Waals surface area contributed by atoms with Gasteiger partial charge in [-0.05, 0) is 93.1 Å². The molecule has 1 aliphatic heterocycles. The summed E-state index contributed by atoms with van der Waals surface area (Å²) in [5, 5.41) is 3.47. The standard InChI is InChI=1S/C15H16BrFN2.C6H6BrNO.C6H4F.C4H8O.BrH.Mg/c1-2-7-19-15(11-3-5-14(17)6-4-11)12-8-13(16)10-18-9-12;1-9-6-2-5(7)3-8-4-6;7-6-4-2-1-3-5-6;1-2-4-5-3-1;;/h3-6,8-10,15,19H,2,7H2,1H3;2-4H,1H3;2-5H;1-4H2;1H;/q;;-1;;;+2/p-1. The molecule has 4 aromatic rings. The van der Waals surface area contributed by atoms with Crippen LogP contribution in [0.5, 0.6) is 5.75 Å². The number of hydrogen-bond acceptors (Lipinski definition) is 5. The topological polar surface area (TPSA) is 56.3 Å². The summed E-state index contributed by atoms with van der Waals surface area (Å²) in [6.45, 7) is 5.02. The van der Waals surface area contributed by atoms with E-state index >= 15 is 0 Å². The Labute approximate surface area is 291 Å². The molecule has 0 bridgehead atoms. The van der Waals surface area contributed by atoms with Crippen LogP contribution in [0.15, 0.2) is 94.4 Å². The Morgan fingerprint density at radius 1 is 0.881 bits per heavy atom. The Morgan fingerprint density at radius 3 is 1.88 bits per heavy atom. The molecule has 0 radical (unpaired) electrons. The molecule has 1 unspecified atom stereocenters. The van der Waals surface area contributed by atoms with Gasteiger partial charge in [0, 0.05) is 46.6 Å². The van der Waals surface area contributed by atoms with E-state index in [9.17, 15) is 8.78 Å². The number of nitrogens with zero attached hydrogens (tertiary/aromatic N) is 2. The molecule has 222 valence electrons. The van der Waals surface area contributed by atoms with E-state index in [0.29, 0.717) is 0 Å². The Hall–Kier alpha value is -1.47. The number of ether oxygens (including phenoxy) is 2. The fourth-order valence-corrected chi connectivity index (χ4v) is 4.07. The first kappa shape index (κ1) is 40.5. The average molecular weight is 783 g/mol. The van der Waals surface area contributed by atoms with Crippen molar-refractivity contribution in [2.24, 2.45) is 0 Å². The third kappa shape index (κ3) is 17.6. The Bertz CT molecular complexity index is 1220. The van der Waals surface area contributed by atoms with E-state index in [0.717, 1.165) is 52.0 Å². The molecule has 1 N–H and O–H groups in total. The number of halogens is 5. The van der Waals surface area contributed by atoms with E-state index in [-0.39, 0.29) is 57.7 Å². The van der Waals surface area contributed by atoms with Crippen molar-refractivity contribution in [3.05, 3.63) is 123 Å². The molecule has 1 atom stereocenters. The van der Waals surface area contributed by atoms with Gasteiger partial charge in [-0.25, -0.2) is 8.78 Å². The molecule has 11 heteroatoms. The summed E-state index contributed by atoms with van der Waals surface area (Å²) in [4.78, 5) is 8.08. The minimum atomic E-state index is -0.217. The predicted octanol–water partition coefficient (Wildman–Crippen LogP) is 4.97. The maximum Gasteiger partial charge on any atom is 2.00 e. The molecular weight excluding hydrogens is 748 g/mol. The van der Waals surface area contributed by atoms with Gasteiger partial charge in [-0.15, -0.1) is 12.1 Å². The van der Waals surface area contributed by atoms with Crippen LogP contribution in [-0.4, -0.2) is 59.9 Å². The molecule has 5 nitrogen and oxygen atoms in total. The van der Waals surface area contributed by atoms with Gasteiger partial charge in [-0.1, -0.05) is 19.1 Å². The first-order valence-corrected chi connectivity index (χ1v) is 14.4. The van der Waals surface area contributed by atoms with Crippen molar-refractivity contribution in [2.45, 2.75) is 32.2 Å². The molecule has 1 aliphatic rings. The molecule has 0 saturated carbocycles. The normalized spacial score (nSPS) is 11.9. The molecule has 1 saturated heterocycles. The SMILES string of the molecule is C1CCOC1.CCCNC(c1ccc(F)cc1)c1cncc(Br)c1.COc1cncc(Br)c1.Fc1cc[c-]cc1.[Br-].[Mg+2]. The fourth-order valence-electron chi connectivity index (χ4n) is 3.34. The van der Waals surface area contributed by atoms with Crippen LogP contribution >= 0.6 is 31.9 Å². The summed E-state index contributed by atoms with van der Waals surface area (Å²) in [6, 6.07) is 19.0. The molecule has 0 spiro atoms. The number of methoxy groups -OCH3 is 1. The van der Waals surface area contributed by atoms with E-state index in [1.54, 1.807) is 25.7 Å². The molecule has 2 aromatic carbocycles. The number of hydrogen-bond donors (Lipinski definition) is 1. The summed E-state index contributed by atoms with van der Waals surface area (Å²) >= 11 is 6.69. The van der Waals surface area contributed by atoms with Crippen molar-refractivity contribution in [3.8, 4) is 5.75 Å². The van der Waals surface area contributed by atoms with Gasteiger partial charge in [0.1, 0.15) is 11.6 Å². The summed E-state index contributed by atoms with van der Waals surface area (Å²) < 4.78 is 36.6. The third-order valence-electron chi connectivity index (χ3n) is 5.28. The van der Waals surface area contributed by atoms with Gasteiger partial charge in [-0.2, -0.15) is 18.2 Å². The molecule has 0 aliphatic carbocycles. The van der Waals surface area contributed by atoms with Gasteiger partial charge in [0.05, 0.1) is 19.3 Å². The van der Waals surface area contributed by atoms with Crippen LogP contribution in [-0.2, 0) is 4.74 Å². The van der Waals surface area contributed by atoms with Crippen molar-refractivity contribution in [1.29, 1.82) is 0 Å². The van der Waals surface area contributed by atoms with Crippen LogP contribution in [0.4, 0.5) is 8.78 Å². The second-order valence-electron chi connectivity index (χ2n) is 8.46. The smallest absolute Gasteiger partial charge is 1.00 e. The summed E-state index contributed by atoms with van der Waals surface area (Å²) in [5.41, 5.74) is 2.10. The van der Waals surface area contributed by atoms with Gasteiger partial charge < -0.3 is 31.8 Å². The minimum Gasteiger partial charge on any atom is -1.00 e. The van der Waals surface area contributed by atoms with E-state index in [1.807, 2.05) is 30.5 Å². The monoisotopic (exact) mass is 779 g/mol. The Morgan fingerprint density at radius 2 is 1.45 bits per heavy atom. The molecule has 1 fully saturated rings. The molecule has 42 heavy (non-hydrogen) atoms. The zero-order valence-electron chi connectivity index (χ0n) is 23.7. The van der Waals surface area contributed by atoms with Crippen molar-refractivity contribution >= 4 is 54.9 Å². The van der Waals surface area contributed by atoms with E-state index in [1.165, 1.54) is 49.2 Å². The van der Waals surface area contributed by atoms with Crippen LogP contribution in [0, 0.1) is 17.7 Å². The second kappa shape index (κ2) is 24.9. The van der Waals surface area contributed by atoms with Gasteiger partial charge in [0.15, 0.2) is 0 Å². The molecule has 5 rings (SSSR count). The molecular formula is C31H34Br3F2MgN3O2. The van der Waals surface area contributed by atoms with Gasteiger partial charge in [0.2, 0.25) is 0 Å². The zero-order chi connectivity index (χ0) is 29.0. The minimum absolute atomic E-state index is 0. The van der Waals surface area contributed by atoms with E-state index < -0.39 is 0 Å². The fraction of sp³-hybridized carbons (Fsp3) is 0.290. The zero-order valence-corrected chi connectivity index (χ0v) is 29.9. The number of aromatic nitrogens is 2. The maximum atomic E-state index is 13.0. The van der Waals surface area contributed by atoms with Crippen molar-refractivity contribution in [1.82, 2.24) is 15.3 Å². The van der Waals surface area contributed by atoms with Gasteiger partial charge in [-0.3, -0.25) is 9.97 Å². The maximum absolute atomic E-state index is 13.0. The predicted molar refractivity (Wildman–Crippen MR) is 168 cm³/mol. The van der Waals surface area contributed by atoms with Crippen molar-refractivity contribution in [2.75, 3.05) is 26.9 Å². The quantitative estimate of drug-likeness (QED) is 0.222. The van der Waals surface area contributed by atoms with Crippen molar-refractivity contribution < 1.29 is 35.2 Å². The van der Waals surface area contributed by atoms with Gasteiger partial charge >= 0.3 is 23.1 Å². The number of rotatable bonds is 6. The van der Waals surface area contributed by atoms with Crippen LogP contribution in [0.1, 0.15) is 43.4 Å². The van der Waals surface area contributed by atoms with Crippen LogP contribution in [0.25, 0.3) is 0 Å². The molecule has 2 aromatic heterocycles. The Kier molecular flexibility index (Phi) is 24.0. The van der Waals surface area contributed by atoms with E-state index in [2.05, 4.69) is 60.1 Å². The Balaban J connectivity index is 0.000000606.